The fourth-order valence-electron chi connectivity index (χ4n) is 3.54. The number of hydrogen-bond donors (Lipinski definition) is 3. The molecule has 1 aliphatic carbocycles. The molecule has 1 aromatic heterocycles. The third kappa shape index (κ3) is 2.95. The molecular formula is C20H18ClN3O2. The van der Waals surface area contributed by atoms with E-state index in [0.717, 1.165) is 23.7 Å². The van der Waals surface area contributed by atoms with Gasteiger partial charge in [-0.1, -0.05) is 11.6 Å². The van der Waals surface area contributed by atoms with E-state index in [0.29, 0.717) is 11.3 Å². The van der Waals surface area contributed by atoms with Crippen molar-refractivity contribution in [2.24, 2.45) is 5.73 Å². The summed E-state index contributed by atoms with van der Waals surface area (Å²) in [5.74, 6) is -0.823. The second-order valence-corrected chi connectivity index (χ2v) is 6.97. The molecule has 0 bridgehead atoms. The van der Waals surface area contributed by atoms with Gasteiger partial charge in [0.1, 0.15) is 0 Å². The summed E-state index contributed by atoms with van der Waals surface area (Å²) in [4.78, 5) is 27.3. The molecule has 0 fully saturated rings. The van der Waals surface area contributed by atoms with Gasteiger partial charge in [-0.3, -0.25) is 9.59 Å². The molecule has 3 aromatic rings. The fraction of sp³-hybridized carbons (Fsp3) is 0.200. The number of anilines is 1. The zero-order valence-corrected chi connectivity index (χ0v) is 14.8. The standard InChI is InChI=1S/C20H18ClN3O2/c21-16-10-12(6-7-14(16)19(22)25)23-20(26)11-5-8-18-15(9-11)13-3-1-2-4-17(13)24-18/h5-10,24H,1-4H2,(H2,22,25)(H,23,26). The van der Waals surface area contributed by atoms with E-state index in [2.05, 4.69) is 10.3 Å². The molecule has 0 saturated heterocycles. The first kappa shape index (κ1) is 16.7. The number of carbonyl (C=O) groups excluding carboxylic acids is 2. The SMILES string of the molecule is NC(=O)c1ccc(NC(=O)c2ccc3[nH]c4c(c3c2)CCCC4)cc1Cl. The van der Waals surface area contributed by atoms with Gasteiger partial charge in [0.05, 0.1) is 10.6 Å². The molecular weight excluding hydrogens is 350 g/mol. The van der Waals surface area contributed by atoms with Crippen molar-refractivity contribution in [3.8, 4) is 0 Å². The van der Waals surface area contributed by atoms with E-state index in [9.17, 15) is 9.59 Å². The van der Waals surface area contributed by atoms with E-state index in [1.165, 1.54) is 36.2 Å². The number of rotatable bonds is 3. The van der Waals surface area contributed by atoms with Crippen molar-refractivity contribution < 1.29 is 9.59 Å². The minimum absolute atomic E-state index is 0.213. The van der Waals surface area contributed by atoms with Crippen LogP contribution in [0.3, 0.4) is 0 Å². The van der Waals surface area contributed by atoms with Gasteiger partial charge in [0.15, 0.2) is 0 Å². The largest absolute Gasteiger partial charge is 0.366 e. The number of nitrogens with two attached hydrogens (primary N) is 1. The van der Waals surface area contributed by atoms with Crippen molar-refractivity contribution in [1.82, 2.24) is 4.98 Å². The van der Waals surface area contributed by atoms with E-state index >= 15 is 0 Å². The summed E-state index contributed by atoms with van der Waals surface area (Å²) >= 11 is 6.04. The number of H-pyrrole nitrogens is 1. The third-order valence-electron chi connectivity index (χ3n) is 4.85. The Morgan fingerprint density at radius 2 is 1.88 bits per heavy atom. The number of aryl methyl sites for hydroxylation is 2. The number of carbonyl (C=O) groups is 2. The van der Waals surface area contributed by atoms with Crippen molar-refractivity contribution in [3.05, 3.63) is 63.8 Å². The van der Waals surface area contributed by atoms with Gasteiger partial charge in [-0.05, 0) is 67.6 Å². The van der Waals surface area contributed by atoms with Gasteiger partial charge in [0, 0.05) is 27.8 Å². The van der Waals surface area contributed by atoms with Crippen LogP contribution in [-0.2, 0) is 12.8 Å². The highest BCUT2D eigenvalue weighted by Crippen LogP contribution is 2.30. The second kappa shape index (κ2) is 6.50. The van der Waals surface area contributed by atoms with Crippen molar-refractivity contribution in [3.63, 3.8) is 0 Å². The van der Waals surface area contributed by atoms with Gasteiger partial charge >= 0.3 is 0 Å². The molecule has 4 rings (SSSR count). The monoisotopic (exact) mass is 367 g/mol. The molecule has 0 atom stereocenters. The molecule has 1 aliphatic rings. The van der Waals surface area contributed by atoms with Crippen LogP contribution in [-0.4, -0.2) is 16.8 Å². The molecule has 132 valence electrons. The van der Waals surface area contributed by atoms with Gasteiger partial charge in [-0.2, -0.15) is 0 Å². The number of aromatic nitrogens is 1. The van der Waals surface area contributed by atoms with Crippen molar-refractivity contribution in [2.75, 3.05) is 5.32 Å². The molecule has 0 spiro atoms. The molecule has 6 heteroatoms. The molecule has 0 aliphatic heterocycles. The Hall–Kier alpha value is -2.79. The van der Waals surface area contributed by atoms with Gasteiger partial charge in [-0.15, -0.1) is 0 Å². The van der Waals surface area contributed by atoms with Crippen LogP contribution in [0.25, 0.3) is 10.9 Å². The minimum atomic E-state index is -0.601. The number of nitrogens with one attached hydrogen (secondary N) is 2. The summed E-state index contributed by atoms with van der Waals surface area (Å²) in [6.07, 6.45) is 4.50. The number of halogens is 1. The minimum Gasteiger partial charge on any atom is -0.366 e. The molecule has 2 aromatic carbocycles. The van der Waals surface area contributed by atoms with E-state index < -0.39 is 5.91 Å². The lowest BCUT2D eigenvalue weighted by Crippen LogP contribution is -2.14. The van der Waals surface area contributed by atoms with Crippen molar-refractivity contribution in [2.45, 2.75) is 25.7 Å². The Bertz CT molecular complexity index is 1040. The topological polar surface area (TPSA) is 88.0 Å². The maximum Gasteiger partial charge on any atom is 0.255 e. The van der Waals surface area contributed by atoms with Gasteiger partial charge in [0.25, 0.3) is 5.91 Å². The van der Waals surface area contributed by atoms with Crippen LogP contribution in [0.4, 0.5) is 5.69 Å². The third-order valence-corrected chi connectivity index (χ3v) is 5.17. The Kier molecular flexibility index (Phi) is 4.17. The summed E-state index contributed by atoms with van der Waals surface area (Å²) in [6, 6.07) is 10.3. The quantitative estimate of drug-likeness (QED) is 0.652. The molecule has 5 nitrogen and oxygen atoms in total. The maximum atomic E-state index is 12.6. The van der Waals surface area contributed by atoms with Crippen LogP contribution in [0, 0.1) is 0 Å². The molecule has 4 N–H and O–H groups in total. The average molecular weight is 368 g/mol. The number of benzene rings is 2. The number of fused-ring (bicyclic) bond motifs is 3. The first-order valence-corrected chi connectivity index (χ1v) is 8.95. The number of hydrogen-bond acceptors (Lipinski definition) is 2. The maximum absolute atomic E-state index is 12.6. The van der Waals surface area contributed by atoms with E-state index in [1.54, 1.807) is 12.1 Å². The highest BCUT2D eigenvalue weighted by Gasteiger charge is 2.17. The lowest BCUT2D eigenvalue weighted by molar-refractivity contribution is 0.0998. The Balaban J connectivity index is 1.62. The fourth-order valence-corrected chi connectivity index (χ4v) is 3.82. The molecule has 1 heterocycles. The highest BCUT2D eigenvalue weighted by atomic mass is 35.5. The summed E-state index contributed by atoms with van der Waals surface area (Å²) in [7, 11) is 0. The van der Waals surface area contributed by atoms with Crippen LogP contribution >= 0.6 is 11.6 Å². The van der Waals surface area contributed by atoms with E-state index in [-0.39, 0.29) is 16.5 Å². The summed E-state index contributed by atoms with van der Waals surface area (Å²) in [5, 5.41) is 4.15. The Labute approximate surface area is 155 Å². The molecule has 26 heavy (non-hydrogen) atoms. The predicted octanol–water partition coefficient (Wildman–Crippen LogP) is 4.05. The summed E-state index contributed by atoms with van der Waals surface area (Å²) < 4.78 is 0. The Morgan fingerprint density at radius 3 is 2.65 bits per heavy atom. The molecule has 2 amide bonds. The van der Waals surface area contributed by atoms with Crippen molar-refractivity contribution in [1.29, 1.82) is 0 Å². The Morgan fingerprint density at radius 1 is 1.08 bits per heavy atom. The first-order valence-electron chi connectivity index (χ1n) is 8.57. The first-order chi connectivity index (χ1) is 12.5. The summed E-state index contributed by atoms with van der Waals surface area (Å²) in [6.45, 7) is 0. The number of amides is 2. The number of aromatic amines is 1. The lowest BCUT2D eigenvalue weighted by Gasteiger charge is -2.11. The van der Waals surface area contributed by atoms with Crippen LogP contribution in [0.15, 0.2) is 36.4 Å². The molecule has 0 radical (unpaired) electrons. The van der Waals surface area contributed by atoms with Crippen LogP contribution in [0.1, 0.15) is 44.8 Å². The van der Waals surface area contributed by atoms with Crippen LogP contribution in [0.5, 0.6) is 0 Å². The van der Waals surface area contributed by atoms with Crippen LogP contribution < -0.4 is 11.1 Å². The normalized spacial score (nSPS) is 13.4. The van der Waals surface area contributed by atoms with E-state index in [1.807, 2.05) is 12.1 Å². The zero-order chi connectivity index (χ0) is 18.3. The van der Waals surface area contributed by atoms with Gasteiger partial charge in [0.2, 0.25) is 5.91 Å². The zero-order valence-electron chi connectivity index (χ0n) is 14.1. The number of primary amides is 1. The smallest absolute Gasteiger partial charge is 0.255 e. The molecule has 0 unspecified atom stereocenters. The predicted molar refractivity (Wildman–Crippen MR) is 103 cm³/mol. The average Bonchev–Trinajstić information content (AvgIpc) is 2.99. The highest BCUT2D eigenvalue weighted by molar-refractivity contribution is 6.34. The van der Waals surface area contributed by atoms with Gasteiger partial charge < -0.3 is 16.0 Å². The van der Waals surface area contributed by atoms with Crippen LogP contribution in [0.2, 0.25) is 5.02 Å². The van der Waals surface area contributed by atoms with Crippen molar-refractivity contribution >= 4 is 40.0 Å². The lowest BCUT2D eigenvalue weighted by atomic mass is 9.95. The van der Waals surface area contributed by atoms with E-state index in [4.69, 9.17) is 17.3 Å². The summed E-state index contributed by atoms with van der Waals surface area (Å²) in [5.41, 5.74) is 10.3. The molecule has 0 saturated carbocycles. The second-order valence-electron chi connectivity index (χ2n) is 6.56. The van der Waals surface area contributed by atoms with Gasteiger partial charge in [-0.25, -0.2) is 0 Å².